The number of carbonyl (C=O) groups is 1. The number of aryl methyl sites for hydroxylation is 3. The van der Waals surface area contributed by atoms with Crippen LogP contribution in [0.25, 0.3) is 11.0 Å². The van der Waals surface area contributed by atoms with Crippen LogP contribution in [0.3, 0.4) is 0 Å². The molecule has 0 aliphatic carbocycles. The van der Waals surface area contributed by atoms with Gasteiger partial charge in [0.15, 0.2) is 0 Å². The summed E-state index contributed by atoms with van der Waals surface area (Å²) >= 11 is 0. The molecule has 0 atom stereocenters. The molecule has 4 aromatic rings. The van der Waals surface area contributed by atoms with Gasteiger partial charge in [0.1, 0.15) is 28.6 Å². The Bertz CT molecular complexity index is 1670. The number of fused-ring (bicyclic) bond motifs is 1. The van der Waals surface area contributed by atoms with Crippen molar-refractivity contribution in [1.82, 2.24) is 9.55 Å². The molecule has 1 amide bonds. The lowest BCUT2D eigenvalue weighted by Crippen LogP contribution is -2.24. The first-order valence-electron chi connectivity index (χ1n) is 11.4. The molecule has 4 rings (SSSR count). The number of carbonyl (C=O) groups excluding carboxylic acids is 1. The molecule has 0 unspecified atom stereocenters. The van der Waals surface area contributed by atoms with Crippen molar-refractivity contribution in [2.45, 2.75) is 37.1 Å². The largest absolute Gasteiger partial charge is 0.497 e. The Labute approximate surface area is 214 Å². The molecule has 2 aromatic heterocycles. The van der Waals surface area contributed by atoms with Crippen molar-refractivity contribution in [3.63, 3.8) is 0 Å². The maximum atomic E-state index is 13.6. The van der Waals surface area contributed by atoms with Crippen LogP contribution < -0.4 is 20.2 Å². The molecular weight excluding hydrogens is 494 g/mol. The van der Waals surface area contributed by atoms with Gasteiger partial charge >= 0.3 is 0 Å². The molecule has 192 valence electrons. The van der Waals surface area contributed by atoms with Gasteiger partial charge in [0.05, 0.1) is 24.5 Å². The van der Waals surface area contributed by atoms with Crippen molar-refractivity contribution in [3.8, 4) is 11.5 Å². The summed E-state index contributed by atoms with van der Waals surface area (Å²) in [5.41, 5.74) is 2.01. The van der Waals surface area contributed by atoms with Gasteiger partial charge in [-0.2, -0.15) is 0 Å². The minimum Gasteiger partial charge on any atom is -0.497 e. The summed E-state index contributed by atoms with van der Waals surface area (Å²) in [6, 6.07) is 13.0. The molecule has 10 heteroatoms. The van der Waals surface area contributed by atoms with E-state index in [1.807, 2.05) is 6.92 Å². The van der Waals surface area contributed by atoms with Crippen molar-refractivity contribution in [1.29, 1.82) is 0 Å². The number of nitrogens with one attached hydrogen (secondary N) is 1. The summed E-state index contributed by atoms with van der Waals surface area (Å²) in [4.78, 5) is 30.4. The quantitative estimate of drug-likeness (QED) is 0.393. The van der Waals surface area contributed by atoms with Gasteiger partial charge in [0, 0.05) is 35.8 Å². The van der Waals surface area contributed by atoms with Crippen LogP contribution in [-0.2, 0) is 21.2 Å². The molecule has 0 saturated heterocycles. The molecule has 9 nitrogen and oxygen atoms in total. The molecule has 2 heterocycles. The fourth-order valence-corrected chi connectivity index (χ4v) is 5.69. The van der Waals surface area contributed by atoms with Crippen molar-refractivity contribution in [3.05, 3.63) is 81.8 Å². The van der Waals surface area contributed by atoms with Gasteiger partial charge in [-0.25, -0.2) is 13.4 Å². The highest BCUT2D eigenvalue weighted by molar-refractivity contribution is 7.91. The maximum absolute atomic E-state index is 13.6. The second-order valence-corrected chi connectivity index (χ2v) is 10.6. The van der Waals surface area contributed by atoms with Gasteiger partial charge < -0.3 is 19.4 Å². The number of anilines is 1. The molecule has 1 N–H and O–H groups in total. The number of sulfone groups is 1. The third-order valence-corrected chi connectivity index (χ3v) is 7.79. The fourth-order valence-electron chi connectivity index (χ4n) is 4.10. The van der Waals surface area contributed by atoms with Gasteiger partial charge in [-0.15, -0.1) is 0 Å². The lowest BCUT2D eigenvalue weighted by molar-refractivity contribution is -0.116. The number of methoxy groups -OCH3 is 2. The molecule has 2 aromatic carbocycles. The number of aromatic nitrogens is 2. The Morgan fingerprint density at radius 3 is 2.24 bits per heavy atom. The van der Waals surface area contributed by atoms with Gasteiger partial charge in [0.25, 0.3) is 0 Å². The van der Waals surface area contributed by atoms with Crippen molar-refractivity contribution in [2.75, 3.05) is 19.5 Å². The van der Waals surface area contributed by atoms with E-state index in [1.165, 1.54) is 37.1 Å². The van der Waals surface area contributed by atoms with Crippen LogP contribution >= 0.6 is 0 Å². The molecule has 0 aliphatic heterocycles. The van der Waals surface area contributed by atoms with Crippen molar-refractivity contribution >= 4 is 32.5 Å². The topological polar surface area (TPSA) is 117 Å². The third kappa shape index (κ3) is 5.19. The highest BCUT2D eigenvalue weighted by Gasteiger charge is 2.26. The van der Waals surface area contributed by atoms with Crippen LogP contribution in [0.2, 0.25) is 0 Å². The van der Waals surface area contributed by atoms with Crippen molar-refractivity contribution in [2.24, 2.45) is 0 Å². The number of amides is 1. The van der Waals surface area contributed by atoms with E-state index in [9.17, 15) is 18.0 Å². The van der Waals surface area contributed by atoms with E-state index >= 15 is 0 Å². The first-order valence-corrected chi connectivity index (χ1v) is 12.9. The second-order valence-electron chi connectivity index (χ2n) is 8.70. The predicted molar refractivity (Wildman–Crippen MR) is 140 cm³/mol. The fraction of sp³-hybridized carbons (Fsp3) is 0.222. The normalized spacial score (nSPS) is 11.4. The van der Waals surface area contributed by atoms with Gasteiger partial charge in [-0.1, -0.05) is 17.7 Å². The molecular formula is C27H27N3O6S. The Balaban J connectivity index is 1.81. The molecule has 37 heavy (non-hydrogen) atoms. The monoisotopic (exact) mass is 521 g/mol. The van der Waals surface area contributed by atoms with E-state index < -0.39 is 26.1 Å². The minimum absolute atomic E-state index is 0.0362. The maximum Gasteiger partial charge on any atom is 0.244 e. The summed E-state index contributed by atoms with van der Waals surface area (Å²) in [6.07, 6.45) is 1.19. The molecule has 0 saturated carbocycles. The van der Waals surface area contributed by atoms with Gasteiger partial charge in [-0.3, -0.25) is 9.59 Å². The van der Waals surface area contributed by atoms with Crippen LogP contribution in [0, 0.1) is 20.8 Å². The number of benzene rings is 2. The lowest BCUT2D eigenvalue weighted by Gasteiger charge is -2.15. The van der Waals surface area contributed by atoms with E-state index in [1.54, 1.807) is 50.2 Å². The smallest absolute Gasteiger partial charge is 0.244 e. The van der Waals surface area contributed by atoms with Crippen molar-refractivity contribution < 1.29 is 22.7 Å². The number of hydrogen-bond donors (Lipinski definition) is 1. The van der Waals surface area contributed by atoms with Crippen LogP contribution in [-0.4, -0.2) is 38.1 Å². The zero-order chi connectivity index (χ0) is 26.9. The van der Waals surface area contributed by atoms with Gasteiger partial charge in [0.2, 0.25) is 21.2 Å². The number of ether oxygens (including phenoxy) is 2. The summed E-state index contributed by atoms with van der Waals surface area (Å²) in [5, 5.41) is 2.87. The van der Waals surface area contributed by atoms with E-state index in [0.717, 1.165) is 5.56 Å². The first kappa shape index (κ1) is 25.9. The highest BCUT2D eigenvalue weighted by Crippen LogP contribution is 2.27. The molecule has 0 aliphatic rings. The van der Waals surface area contributed by atoms with Crippen LogP contribution in [0.1, 0.15) is 16.8 Å². The SMILES string of the molecule is COc1cc(NC(=O)Cn2cc(S(=O)(=O)c3ccc(C)cc3C)c(=O)c3ccc(C)nc32)cc(OC)c1. The van der Waals surface area contributed by atoms with Crippen LogP contribution in [0.15, 0.2) is 69.3 Å². The Hall–Kier alpha value is -4.18. The Morgan fingerprint density at radius 2 is 1.62 bits per heavy atom. The zero-order valence-electron chi connectivity index (χ0n) is 21.2. The first-order chi connectivity index (χ1) is 17.5. The third-order valence-electron chi connectivity index (χ3n) is 5.89. The minimum atomic E-state index is -4.18. The standard InChI is InChI=1S/C27H27N3O6S/c1-16-6-9-23(17(2)10-16)37(33,34)24-14-30(27-22(26(24)32)8-7-18(3)28-27)15-25(31)29-19-11-20(35-4)13-21(12-19)36-5/h6-14H,15H2,1-5H3,(H,29,31). The summed E-state index contributed by atoms with van der Waals surface area (Å²) < 4.78 is 39.1. The number of rotatable bonds is 7. The van der Waals surface area contributed by atoms with E-state index in [4.69, 9.17) is 9.47 Å². The average molecular weight is 522 g/mol. The molecule has 0 bridgehead atoms. The Morgan fingerprint density at radius 1 is 0.946 bits per heavy atom. The zero-order valence-corrected chi connectivity index (χ0v) is 22.0. The van der Waals surface area contributed by atoms with E-state index in [0.29, 0.717) is 28.4 Å². The summed E-state index contributed by atoms with van der Waals surface area (Å²) in [6.45, 7) is 5.00. The number of hydrogen-bond acceptors (Lipinski definition) is 7. The van der Waals surface area contributed by atoms with Crippen LogP contribution in [0.4, 0.5) is 5.69 Å². The number of nitrogens with zero attached hydrogens (tertiary/aromatic N) is 2. The van der Waals surface area contributed by atoms with Gasteiger partial charge in [-0.05, 0) is 44.5 Å². The lowest BCUT2D eigenvalue weighted by atomic mass is 10.2. The molecule has 0 fully saturated rings. The predicted octanol–water partition coefficient (Wildman–Crippen LogP) is 3.81. The average Bonchev–Trinajstić information content (AvgIpc) is 2.84. The summed E-state index contributed by atoms with van der Waals surface area (Å²) in [5.74, 6) is 0.517. The molecule has 0 spiro atoms. The summed E-state index contributed by atoms with van der Waals surface area (Å²) in [7, 11) is -1.18. The second kappa shape index (κ2) is 10.1. The Kier molecular flexibility index (Phi) is 7.04. The van der Waals surface area contributed by atoms with E-state index in [-0.39, 0.29) is 22.5 Å². The highest BCUT2D eigenvalue weighted by atomic mass is 32.2. The molecule has 0 radical (unpaired) electrons. The van der Waals surface area contributed by atoms with E-state index in [2.05, 4.69) is 10.3 Å². The van der Waals surface area contributed by atoms with Crippen LogP contribution in [0.5, 0.6) is 11.5 Å². The number of pyridine rings is 2.